The lowest BCUT2D eigenvalue weighted by atomic mass is 10.0. The van der Waals surface area contributed by atoms with Crippen LogP contribution in [0.15, 0.2) is 146 Å². The number of ketones is 1. The quantitative estimate of drug-likeness (QED) is 0.103. The number of ether oxygens (including phenoxy) is 2. The topological polar surface area (TPSA) is 140 Å². The number of rotatable bonds is 8. The van der Waals surface area contributed by atoms with E-state index >= 15 is 0 Å². The molecule has 0 saturated heterocycles. The summed E-state index contributed by atoms with van der Waals surface area (Å²) in [7, 11) is 0. The van der Waals surface area contributed by atoms with Crippen LogP contribution in [0.5, 0.6) is 23.0 Å². The van der Waals surface area contributed by atoms with Crippen molar-refractivity contribution in [3.63, 3.8) is 0 Å². The van der Waals surface area contributed by atoms with Crippen LogP contribution in [-0.4, -0.2) is 5.78 Å². The van der Waals surface area contributed by atoms with E-state index < -0.39 is 0 Å². The molecule has 0 aliphatic heterocycles. The van der Waals surface area contributed by atoms with E-state index in [9.17, 15) is 4.79 Å². The molecule has 0 aromatic heterocycles. The standard InChI is InChI=1S/C25H22N2O2.C13H12N2O/c26-20-3-1-5-24(16-20)28-22-11-7-18(8-12-22)15-19-9-13-23(14-10-19)29-25-6-2-4-21(27)17-25;14-11-5-1-9(2-6-11)13(16)10-3-7-12(15)8-4-10/h1-14,16-17H,15,26-27H2;1-8H,14-15H2. The smallest absolute Gasteiger partial charge is 0.193 e. The van der Waals surface area contributed by atoms with E-state index in [-0.39, 0.29) is 5.78 Å². The molecule has 45 heavy (non-hydrogen) atoms. The summed E-state index contributed by atoms with van der Waals surface area (Å²) in [5.74, 6) is 3.00. The van der Waals surface area contributed by atoms with Crippen LogP contribution in [0.3, 0.4) is 0 Å². The second-order valence-corrected chi connectivity index (χ2v) is 10.4. The summed E-state index contributed by atoms with van der Waals surface area (Å²) in [6.07, 6.45) is 0.830. The molecule has 0 atom stereocenters. The molecule has 0 bridgehead atoms. The van der Waals surface area contributed by atoms with Gasteiger partial charge in [-0.15, -0.1) is 0 Å². The van der Waals surface area contributed by atoms with Crippen LogP contribution >= 0.6 is 0 Å². The van der Waals surface area contributed by atoms with Gasteiger partial charge in [0.1, 0.15) is 23.0 Å². The van der Waals surface area contributed by atoms with Crippen LogP contribution in [0, 0.1) is 0 Å². The van der Waals surface area contributed by atoms with Crippen LogP contribution in [0.2, 0.25) is 0 Å². The number of carbonyl (C=O) groups is 1. The van der Waals surface area contributed by atoms with Crippen molar-refractivity contribution in [2.24, 2.45) is 0 Å². The first kappa shape index (κ1) is 30.3. The lowest BCUT2D eigenvalue weighted by molar-refractivity contribution is 0.103. The normalized spacial score (nSPS) is 10.3. The molecule has 0 aliphatic rings. The third-order valence-electron chi connectivity index (χ3n) is 6.79. The number of nitrogens with two attached hydrogens (primary N) is 4. The Bertz CT molecular complexity index is 1720. The van der Waals surface area contributed by atoms with Crippen LogP contribution in [0.25, 0.3) is 0 Å². The predicted octanol–water partition coefficient (Wildman–Crippen LogP) is 8.11. The van der Waals surface area contributed by atoms with Crippen LogP contribution in [-0.2, 0) is 6.42 Å². The van der Waals surface area contributed by atoms with Crippen molar-refractivity contribution in [3.8, 4) is 23.0 Å². The second-order valence-electron chi connectivity index (χ2n) is 10.4. The molecule has 7 heteroatoms. The molecule has 7 nitrogen and oxygen atoms in total. The van der Waals surface area contributed by atoms with Gasteiger partial charge in [-0.2, -0.15) is 0 Å². The van der Waals surface area contributed by atoms with E-state index in [1.54, 1.807) is 60.7 Å². The molecule has 8 N–H and O–H groups in total. The lowest BCUT2D eigenvalue weighted by Crippen LogP contribution is -2.01. The Hall–Kier alpha value is -6.21. The van der Waals surface area contributed by atoms with Crippen molar-refractivity contribution >= 4 is 28.5 Å². The maximum Gasteiger partial charge on any atom is 0.193 e. The van der Waals surface area contributed by atoms with Crippen LogP contribution in [0.1, 0.15) is 27.0 Å². The van der Waals surface area contributed by atoms with E-state index in [0.29, 0.717) is 33.9 Å². The fraction of sp³-hybridized carbons (Fsp3) is 0.0263. The SMILES string of the molecule is Nc1ccc(C(=O)c2ccc(N)cc2)cc1.Nc1cccc(Oc2ccc(Cc3ccc(Oc4cccc(N)c4)cc3)cc2)c1. The van der Waals surface area contributed by atoms with Crippen molar-refractivity contribution in [3.05, 3.63) is 168 Å². The summed E-state index contributed by atoms with van der Waals surface area (Å²) < 4.78 is 11.7. The van der Waals surface area contributed by atoms with Crippen molar-refractivity contribution < 1.29 is 14.3 Å². The molecule has 6 rings (SSSR count). The van der Waals surface area contributed by atoms with E-state index in [0.717, 1.165) is 29.4 Å². The van der Waals surface area contributed by atoms with Crippen molar-refractivity contribution in [1.82, 2.24) is 0 Å². The van der Waals surface area contributed by atoms with Crippen molar-refractivity contribution in [2.75, 3.05) is 22.9 Å². The van der Waals surface area contributed by atoms with Gasteiger partial charge in [-0.05, 0) is 115 Å². The van der Waals surface area contributed by atoms with Gasteiger partial charge in [0.25, 0.3) is 0 Å². The molecule has 0 spiro atoms. The maximum absolute atomic E-state index is 12.0. The van der Waals surface area contributed by atoms with Gasteiger partial charge in [-0.3, -0.25) is 4.79 Å². The highest BCUT2D eigenvalue weighted by Gasteiger charge is 2.08. The fourth-order valence-corrected chi connectivity index (χ4v) is 4.45. The molecule has 6 aromatic carbocycles. The molecular weight excluding hydrogens is 560 g/mol. The van der Waals surface area contributed by atoms with Gasteiger partial charge in [0.15, 0.2) is 5.78 Å². The van der Waals surface area contributed by atoms with Crippen molar-refractivity contribution in [2.45, 2.75) is 6.42 Å². The molecule has 0 saturated carbocycles. The average Bonchev–Trinajstić information content (AvgIpc) is 3.04. The number of hydrogen-bond donors (Lipinski definition) is 4. The van der Waals surface area contributed by atoms with E-state index in [1.165, 1.54) is 11.1 Å². The number of anilines is 4. The summed E-state index contributed by atoms with van der Waals surface area (Å²) in [6, 6.07) is 44.7. The predicted molar refractivity (Wildman–Crippen MR) is 183 cm³/mol. The number of benzene rings is 6. The Morgan fingerprint density at radius 2 is 0.800 bits per heavy atom. The first-order valence-electron chi connectivity index (χ1n) is 14.3. The summed E-state index contributed by atoms with van der Waals surface area (Å²) in [6.45, 7) is 0. The zero-order chi connectivity index (χ0) is 31.6. The van der Waals surface area contributed by atoms with Gasteiger partial charge in [0.05, 0.1) is 0 Å². The summed E-state index contributed by atoms with van der Waals surface area (Å²) in [4.78, 5) is 12.0. The second kappa shape index (κ2) is 14.3. The molecular formula is C38H34N4O3. The Balaban J connectivity index is 0.000000211. The van der Waals surface area contributed by atoms with E-state index in [2.05, 4.69) is 24.3 Å². The average molecular weight is 595 g/mol. The van der Waals surface area contributed by atoms with Gasteiger partial charge in [0.2, 0.25) is 0 Å². The van der Waals surface area contributed by atoms with Gasteiger partial charge < -0.3 is 32.4 Å². The highest BCUT2D eigenvalue weighted by Crippen LogP contribution is 2.26. The van der Waals surface area contributed by atoms with Crippen LogP contribution in [0.4, 0.5) is 22.7 Å². The molecule has 0 unspecified atom stereocenters. The third-order valence-corrected chi connectivity index (χ3v) is 6.79. The van der Waals surface area contributed by atoms with Gasteiger partial charge in [-0.25, -0.2) is 0 Å². The molecule has 0 fully saturated rings. The summed E-state index contributed by atoms with van der Waals surface area (Å²) in [5, 5.41) is 0. The van der Waals surface area contributed by atoms with Crippen molar-refractivity contribution in [1.29, 1.82) is 0 Å². The van der Waals surface area contributed by atoms with E-state index in [1.807, 2.05) is 60.7 Å². The molecule has 0 amide bonds. The highest BCUT2D eigenvalue weighted by atomic mass is 16.5. The molecule has 6 aromatic rings. The lowest BCUT2D eigenvalue weighted by Gasteiger charge is -2.09. The number of hydrogen-bond acceptors (Lipinski definition) is 7. The first-order valence-corrected chi connectivity index (χ1v) is 14.3. The minimum atomic E-state index is -0.0278. The summed E-state index contributed by atoms with van der Waals surface area (Å²) >= 11 is 0. The zero-order valence-corrected chi connectivity index (χ0v) is 24.6. The molecule has 0 heterocycles. The fourth-order valence-electron chi connectivity index (χ4n) is 4.45. The largest absolute Gasteiger partial charge is 0.457 e. The minimum Gasteiger partial charge on any atom is -0.457 e. The Labute approximate surface area is 262 Å². The van der Waals surface area contributed by atoms with Crippen LogP contribution < -0.4 is 32.4 Å². The van der Waals surface area contributed by atoms with E-state index in [4.69, 9.17) is 32.4 Å². The highest BCUT2D eigenvalue weighted by molar-refractivity contribution is 6.09. The summed E-state index contributed by atoms with van der Waals surface area (Å²) in [5.41, 5.74) is 29.0. The van der Waals surface area contributed by atoms with Gasteiger partial charge in [-0.1, -0.05) is 36.4 Å². The zero-order valence-electron chi connectivity index (χ0n) is 24.6. The number of carbonyl (C=O) groups excluding carboxylic acids is 1. The Morgan fingerprint density at radius 3 is 1.16 bits per heavy atom. The third kappa shape index (κ3) is 8.89. The Kier molecular flexibility index (Phi) is 9.62. The molecule has 0 radical (unpaired) electrons. The van der Waals surface area contributed by atoms with Gasteiger partial charge >= 0.3 is 0 Å². The molecule has 0 aliphatic carbocycles. The number of nitrogen functional groups attached to an aromatic ring is 4. The Morgan fingerprint density at radius 1 is 0.422 bits per heavy atom. The maximum atomic E-state index is 12.0. The first-order chi connectivity index (χ1) is 21.8. The molecule has 224 valence electrons. The minimum absolute atomic E-state index is 0.0278. The van der Waals surface area contributed by atoms with Gasteiger partial charge in [0, 0.05) is 46.0 Å². The monoisotopic (exact) mass is 594 g/mol.